The van der Waals surface area contributed by atoms with Crippen LogP contribution in [0.2, 0.25) is 10.0 Å². The molecule has 0 bridgehead atoms. The minimum absolute atomic E-state index is 0.0226. The molecule has 5 nitrogen and oxygen atoms in total. The van der Waals surface area contributed by atoms with E-state index in [-0.39, 0.29) is 23.5 Å². The summed E-state index contributed by atoms with van der Waals surface area (Å²) in [4.78, 5) is 25.1. The molecular formula is C16H13Cl2NO4. The highest BCUT2D eigenvalue weighted by molar-refractivity contribution is 6.42. The van der Waals surface area contributed by atoms with Gasteiger partial charge in [0, 0.05) is 6.54 Å². The molecule has 1 aliphatic heterocycles. The van der Waals surface area contributed by atoms with E-state index in [1.54, 1.807) is 17.0 Å². The van der Waals surface area contributed by atoms with Gasteiger partial charge in [-0.3, -0.25) is 4.79 Å². The highest BCUT2D eigenvalue weighted by Crippen LogP contribution is 2.36. The standard InChI is InChI=1S/C16H13Cl2NO4/c17-10-4-3-9(8-11(10)18)12-2-1-7-19(12)15(20)13-5-6-14(23-13)16(21)22/h3-6,8,12H,1-2,7H2,(H,21,22). The molecule has 1 aromatic heterocycles. The maximum atomic E-state index is 12.6. The van der Waals surface area contributed by atoms with Crippen molar-refractivity contribution in [2.24, 2.45) is 0 Å². The smallest absolute Gasteiger partial charge is 0.371 e. The molecule has 0 radical (unpaired) electrons. The molecule has 7 heteroatoms. The molecule has 120 valence electrons. The molecule has 0 saturated carbocycles. The number of benzene rings is 1. The van der Waals surface area contributed by atoms with Gasteiger partial charge in [0.2, 0.25) is 5.76 Å². The van der Waals surface area contributed by atoms with Gasteiger partial charge in [-0.2, -0.15) is 0 Å². The highest BCUT2D eigenvalue weighted by atomic mass is 35.5. The van der Waals surface area contributed by atoms with E-state index in [0.717, 1.165) is 18.4 Å². The average Bonchev–Trinajstić information content (AvgIpc) is 3.18. The Balaban J connectivity index is 1.86. The van der Waals surface area contributed by atoms with Crippen molar-refractivity contribution in [3.63, 3.8) is 0 Å². The fourth-order valence-electron chi connectivity index (χ4n) is 2.79. The number of carboxylic acid groups (broad SMARTS) is 1. The number of likely N-dealkylation sites (tertiary alicyclic amines) is 1. The van der Waals surface area contributed by atoms with Crippen LogP contribution in [-0.4, -0.2) is 28.4 Å². The molecule has 1 fully saturated rings. The average molecular weight is 354 g/mol. The highest BCUT2D eigenvalue weighted by Gasteiger charge is 2.32. The quantitative estimate of drug-likeness (QED) is 0.894. The molecule has 2 heterocycles. The Morgan fingerprint density at radius 3 is 2.52 bits per heavy atom. The van der Waals surface area contributed by atoms with Gasteiger partial charge in [-0.1, -0.05) is 29.3 Å². The predicted octanol–water partition coefficient (Wildman–Crippen LogP) is 4.26. The summed E-state index contributed by atoms with van der Waals surface area (Å²) < 4.78 is 5.11. The van der Waals surface area contributed by atoms with Gasteiger partial charge in [0.25, 0.3) is 5.91 Å². The van der Waals surface area contributed by atoms with Crippen molar-refractivity contribution in [1.82, 2.24) is 4.90 Å². The van der Waals surface area contributed by atoms with E-state index in [1.807, 2.05) is 6.07 Å². The second-order valence-electron chi connectivity index (χ2n) is 5.30. The number of carbonyl (C=O) groups excluding carboxylic acids is 1. The molecule has 0 aliphatic carbocycles. The van der Waals surface area contributed by atoms with E-state index in [9.17, 15) is 9.59 Å². The van der Waals surface area contributed by atoms with Crippen LogP contribution in [-0.2, 0) is 0 Å². The monoisotopic (exact) mass is 353 g/mol. The maximum Gasteiger partial charge on any atom is 0.371 e. The summed E-state index contributed by atoms with van der Waals surface area (Å²) in [7, 11) is 0. The Labute approximate surface area is 142 Å². The second-order valence-corrected chi connectivity index (χ2v) is 6.11. The van der Waals surface area contributed by atoms with Crippen molar-refractivity contribution in [3.05, 3.63) is 57.5 Å². The number of aromatic carboxylic acids is 1. The predicted molar refractivity (Wildman–Crippen MR) is 85.1 cm³/mol. The summed E-state index contributed by atoms with van der Waals surface area (Å²) in [6.45, 7) is 0.576. The van der Waals surface area contributed by atoms with Crippen LogP contribution >= 0.6 is 23.2 Å². The molecule has 1 aromatic carbocycles. The van der Waals surface area contributed by atoms with Crippen LogP contribution in [0.5, 0.6) is 0 Å². The zero-order valence-corrected chi connectivity index (χ0v) is 13.5. The number of rotatable bonds is 3. The molecule has 1 saturated heterocycles. The maximum absolute atomic E-state index is 12.6. The van der Waals surface area contributed by atoms with Crippen molar-refractivity contribution in [2.75, 3.05) is 6.54 Å². The summed E-state index contributed by atoms with van der Waals surface area (Å²) in [6.07, 6.45) is 1.65. The van der Waals surface area contributed by atoms with E-state index in [1.165, 1.54) is 12.1 Å². The van der Waals surface area contributed by atoms with E-state index in [0.29, 0.717) is 16.6 Å². The largest absolute Gasteiger partial charge is 0.475 e. The number of furan rings is 1. The molecule has 1 amide bonds. The van der Waals surface area contributed by atoms with Crippen molar-refractivity contribution < 1.29 is 19.1 Å². The molecule has 3 rings (SSSR count). The third-order valence-corrected chi connectivity index (χ3v) is 4.61. The molecular weight excluding hydrogens is 341 g/mol. The summed E-state index contributed by atoms with van der Waals surface area (Å²) in [6, 6.07) is 7.83. The molecule has 1 aliphatic rings. The molecule has 23 heavy (non-hydrogen) atoms. The van der Waals surface area contributed by atoms with Crippen LogP contribution in [0.15, 0.2) is 34.7 Å². The van der Waals surface area contributed by atoms with E-state index in [2.05, 4.69) is 0 Å². The summed E-state index contributed by atoms with van der Waals surface area (Å²) in [5.74, 6) is -1.76. The lowest BCUT2D eigenvalue weighted by atomic mass is 10.0. The number of hydrogen-bond acceptors (Lipinski definition) is 3. The Kier molecular flexibility index (Phi) is 4.33. The molecule has 0 spiro atoms. The number of halogens is 2. The zero-order chi connectivity index (χ0) is 16.6. The van der Waals surface area contributed by atoms with Crippen LogP contribution in [0.4, 0.5) is 0 Å². The first kappa shape index (κ1) is 15.9. The molecule has 1 atom stereocenters. The summed E-state index contributed by atoms with van der Waals surface area (Å²) in [5.41, 5.74) is 0.898. The van der Waals surface area contributed by atoms with Crippen LogP contribution < -0.4 is 0 Å². The Bertz CT molecular complexity index is 771. The van der Waals surface area contributed by atoms with Crippen molar-refractivity contribution >= 4 is 35.1 Å². The Morgan fingerprint density at radius 2 is 1.87 bits per heavy atom. The van der Waals surface area contributed by atoms with Gasteiger partial charge in [0.05, 0.1) is 16.1 Å². The van der Waals surface area contributed by atoms with Crippen molar-refractivity contribution in [2.45, 2.75) is 18.9 Å². The first-order valence-electron chi connectivity index (χ1n) is 7.06. The van der Waals surface area contributed by atoms with Gasteiger partial charge in [-0.25, -0.2) is 4.79 Å². The third-order valence-electron chi connectivity index (χ3n) is 3.87. The SMILES string of the molecule is O=C(O)c1ccc(C(=O)N2CCCC2c2ccc(Cl)c(Cl)c2)o1. The third kappa shape index (κ3) is 3.07. The minimum atomic E-state index is -1.20. The fraction of sp³-hybridized carbons (Fsp3) is 0.250. The molecule has 1 N–H and O–H groups in total. The van der Waals surface area contributed by atoms with Crippen molar-refractivity contribution in [3.8, 4) is 0 Å². The Morgan fingerprint density at radius 1 is 1.13 bits per heavy atom. The normalized spacial score (nSPS) is 17.5. The number of nitrogens with zero attached hydrogens (tertiary/aromatic N) is 1. The lowest BCUT2D eigenvalue weighted by molar-refractivity contribution is 0.0645. The van der Waals surface area contributed by atoms with Crippen molar-refractivity contribution in [1.29, 1.82) is 0 Å². The van der Waals surface area contributed by atoms with Crippen LogP contribution in [0.25, 0.3) is 0 Å². The topological polar surface area (TPSA) is 70.8 Å². The summed E-state index contributed by atoms with van der Waals surface area (Å²) in [5, 5.41) is 9.79. The Hall–Kier alpha value is -1.98. The summed E-state index contributed by atoms with van der Waals surface area (Å²) >= 11 is 12.0. The van der Waals surface area contributed by atoms with Crippen LogP contribution in [0.3, 0.4) is 0 Å². The van der Waals surface area contributed by atoms with E-state index < -0.39 is 5.97 Å². The van der Waals surface area contributed by atoms with Gasteiger partial charge in [-0.15, -0.1) is 0 Å². The molecule has 1 unspecified atom stereocenters. The van der Waals surface area contributed by atoms with Crippen LogP contribution in [0.1, 0.15) is 45.6 Å². The first-order chi connectivity index (χ1) is 11.0. The number of carboxylic acids is 1. The van der Waals surface area contributed by atoms with Gasteiger partial charge >= 0.3 is 5.97 Å². The van der Waals surface area contributed by atoms with Gasteiger partial charge in [-0.05, 0) is 42.7 Å². The number of amides is 1. The van der Waals surface area contributed by atoms with E-state index >= 15 is 0 Å². The van der Waals surface area contributed by atoms with Gasteiger partial charge in [0.1, 0.15) is 0 Å². The second kappa shape index (κ2) is 6.26. The molecule has 2 aromatic rings. The fourth-order valence-corrected chi connectivity index (χ4v) is 3.09. The first-order valence-corrected chi connectivity index (χ1v) is 7.82. The lowest BCUT2D eigenvalue weighted by Gasteiger charge is -2.24. The zero-order valence-electron chi connectivity index (χ0n) is 12.0. The minimum Gasteiger partial charge on any atom is -0.475 e. The lowest BCUT2D eigenvalue weighted by Crippen LogP contribution is -2.30. The van der Waals surface area contributed by atoms with Crippen LogP contribution in [0, 0.1) is 0 Å². The van der Waals surface area contributed by atoms with Gasteiger partial charge < -0.3 is 14.4 Å². The van der Waals surface area contributed by atoms with Gasteiger partial charge in [0.15, 0.2) is 5.76 Å². The number of carbonyl (C=O) groups is 2. The van der Waals surface area contributed by atoms with E-state index in [4.69, 9.17) is 32.7 Å². The number of hydrogen-bond donors (Lipinski definition) is 1.